The fourth-order valence-corrected chi connectivity index (χ4v) is 2.05. The van der Waals surface area contributed by atoms with Gasteiger partial charge in [-0.15, -0.1) is 0 Å². The first-order valence-electron chi connectivity index (χ1n) is 7.18. The molecule has 0 atom stereocenters. The maximum absolute atomic E-state index is 5.13. The van der Waals surface area contributed by atoms with Gasteiger partial charge < -0.3 is 4.74 Å². The molecule has 0 saturated carbocycles. The topological polar surface area (TPSA) is 21.6 Å². The van der Waals surface area contributed by atoms with Gasteiger partial charge in [0.25, 0.3) is 0 Å². The third-order valence-corrected chi connectivity index (χ3v) is 3.18. The van der Waals surface area contributed by atoms with Crippen LogP contribution in [0.4, 0.5) is 5.69 Å². The van der Waals surface area contributed by atoms with Gasteiger partial charge in [-0.05, 0) is 55.7 Å². The van der Waals surface area contributed by atoms with E-state index in [-0.39, 0.29) is 0 Å². The summed E-state index contributed by atoms with van der Waals surface area (Å²) < 4.78 is 5.13. The molecule has 0 fully saturated rings. The van der Waals surface area contributed by atoms with Gasteiger partial charge in [-0.25, -0.2) is 0 Å². The van der Waals surface area contributed by atoms with Gasteiger partial charge in [-0.2, -0.15) is 0 Å². The number of hydrogen-bond donors (Lipinski definition) is 0. The Bertz CT molecular complexity index is 597. The highest BCUT2D eigenvalue weighted by Gasteiger charge is 1.93. The predicted molar refractivity (Wildman–Crippen MR) is 89.7 cm³/mol. The Morgan fingerprint density at radius 2 is 1.76 bits per heavy atom. The van der Waals surface area contributed by atoms with Crippen molar-refractivity contribution in [3.8, 4) is 5.75 Å². The van der Waals surface area contributed by atoms with Crippen LogP contribution in [-0.4, -0.2) is 12.8 Å². The van der Waals surface area contributed by atoms with Crippen LogP contribution in [0.3, 0.4) is 0 Å². The lowest BCUT2D eigenvalue weighted by Gasteiger charge is -2.00. The van der Waals surface area contributed by atoms with E-state index in [1.165, 1.54) is 5.56 Å². The fourth-order valence-electron chi connectivity index (χ4n) is 2.05. The Kier molecular flexibility index (Phi) is 5.77. The second-order valence-electron chi connectivity index (χ2n) is 4.88. The molecule has 0 saturated heterocycles. The van der Waals surface area contributed by atoms with E-state index in [1.54, 1.807) is 7.11 Å². The number of aryl methyl sites for hydroxylation is 1. The Balaban J connectivity index is 1.86. The molecule has 0 aliphatic heterocycles. The van der Waals surface area contributed by atoms with Crippen LogP contribution >= 0.6 is 0 Å². The summed E-state index contributed by atoms with van der Waals surface area (Å²) in [6.45, 7) is 2.02. The van der Waals surface area contributed by atoms with Gasteiger partial charge in [0.1, 0.15) is 5.75 Å². The highest BCUT2D eigenvalue weighted by atomic mass is 16.5. The third-order valence-electron chi connectivity index (χ3n) is 3.18. The van der Waals surface area contributed by atoms with Crippen molar-refractivity contribution in [2.45, 2.75) is 19.8 Å². The van der Waals surface area contributed by atoms with Crippen molar-refractivity contribution >= 4 is 11.4 Å². The summed E-state index contributed by atoms with van der Waals surface area (Å²) in [5.74, 6) is 0.852. The summed E-state index contributed by atoms with van der Waals surface area (Å²) in [6.07, 6.45) is 6.34. The first-order valence-corrected chi connectivity index (χ1v) is 7.18. The van der Waals surface area contributed by atoms with Crippen LogP contribution in [-0.2, 0) is 6.42 Å². The summed E-state index contributed by atoms with van der Waals surface area (Å²) in [7, 11) is 1.67. The van der Waals surface area contributed by atoms with E-state index in [9.17, 15) is 0 Å². The number of methoxy groups -OCH3 is 1. The average Bonchev–Trinajstić information content (AvgIpc) is 2.53. The SMILES string of the molecule is COc1ccc(N=C(C)/C=C/CCc2ccccc2)cc1. The lowest BCUT2D eigenvalue weighted by molar-refractivity contribution is 0.415. The summed E-state index contributed by atoms with van der Waals surface area (Å²) in [5.41, 5.74) is 3.32. The van der Waals surface area contributed by atoms with E-state index in [1.807, 2.05) is 37.3 Å². The molecule has 2 aromatic carbocycles. The van der Waals surface area contributed by atoms with Crippen LogP contribution in [0, 0.1) is 0 Å². The van der Waals surface area contributed by atoms with Gasteiger partial charge in [0.05, 0.1) is 12.8 Å². The second-order valence-corrected chi connectivity index (χ2v) is 4.88. The van der Waals surface area contributed by atoms with Crippen molar-refractivity contribution in [2.75, 3.05) is 7.11 Å². The minimum Gasteiger partial charge on any atom is -0.497 e. The Hall–Kier alpha value is -2.35. The number of benzene rings is 2. The maximum Gasteiger partial charge on any atom is 0.119 e. The van der Waals surface area contributed by atoms with Crippen molar-refractivity contribution in [1.82, 2.24) is 0 Å². The quantitative estimate of drug-likeness (QED) is 0.684. The number of rotatable bonds is 6. The number of hydrogen-bond acceptors (Lipinski definition) is 2. The number of ether oxygens (including phenoxy) is 1. The molecule has 0 radical (unpaired) electrons. The van der Waals surface area contributed by atoms with Crippen LogP contribution < -0.4 is 4.74 Å². The molecule has 0 unspecified atom stereocenters. The van der Waals surface area contributed by atoms with Gasteiger partial charge in [-0.1, -0.05) is 36.4 Å². The molecule has 0 amide bonds. The molecule has 21 heavy (non-hydrogen) atoms. The van der Waals surface area contributed by atoms with Crippen molar-refractivity contribution in [1.29, 1.82) is 0 Å². The summed E-state index contributed by atoms with van der Waals surface area (Å²) in [5, 5.41) is 0. The minimum absolute atomic E-state index is 0.852. The highest BCUT2D eigenvalue weighted by molar-refractivity contribution is 5.94. The number of nitrogens with zero attached hydrogens (tertiary/aromatic N) is 1. The summed E-state index contributed by atoms with van der Waals surface area (Å²) >= 11 is 0. The fraction of sp³-hybridized carbons (Fsp3) is 0.211. The van der Waals surface area contributed by atoms with Gasteiger partial charge in [0.15, 0.2) is 0 Å². The van der Waals surface area contributed by atoms with E-state index in [4.69, 9.17) is 4.74 Å². The van der Waals surface area contributed by atoms with Gasteiger partial charge in [-0.3, -0.25) is 4.99 Å². The first kappa shape index (κ1) is 15.0. The van der Waals surface area contributed by atoms with Crippen molar-refractivity contribution < 1.29 is 4.74 Å². The lowest BCUT2D eigenvalue weighted by atomic mass is 10.1. The predicted octanol–water partition coefficient (Wildman–Crippen LogP) is 4.98. The van der Waals surface area contributed by atoms with Crippen LogP contribution in [0.5, 0.6) is 5.75 Å². The van der Waals surface area contributed by atoms with Crippen molar-refractivity contribution in [2.24, 2.45) is 4.99 Å². The van der Waals surface area contributed by atoms with Crippen LogP contribution in [0.1, 0.15) is 18.9 Å². The molecule has 0 heterocycles. The third kappa shape index (κ3) is 5.27. The molecular formula is C19H21NO. The molecular weight excluding hydrogens is 258 g/mol. The molecule has 0 bridgehead atoms. The first-order chi connectivity index (χ1) is 10.3. The van der Waals surface area contributed by atoms with E-state index >= 15 is 0 Å². The summed E-state index contributed by atoms with van der Waals surface area (Å²) in [4.78, 5) is 4.55. The van der Waals surface area contributed by atoms with E-state index < -0.39 is 0 Å². The standard InChI is InChI=1S/C19H21NO/c1-16(20-18-12-14-19(21-2)15-13-18)8-6-7-11-17-9-4-3-5-10-17/h3-6,8-10,12-15H,7,11H2,1-2H3/b8-6+,20-16?. The van der Waals surface area contributed by atoms with Crippen molar-refractivity contribution in [3.05, 3.63) is 72.3 Å². The monoisotopic (exact) mass is 279 g/mol. The largest absolute Gasteiger partial charge is 0.497 e. The molecule has 0 spiro atoms. The molecule has 0 N–H and O–H groups in total. The molecule has 2 aromatic rings. The van der Waals surface area contributed by atoms with Gasteiger partial charge in [0.2, 0.25) is 0 Å². The normalized spacial score (nSPS) is 11.8. The Morgan fingerprint density at radius 3 is 2.43 bits per heavy atom. The zero-order valence-electron chi connectivity index (χ0n) is 12.6. The number of aliphatic imine (C=N–C) groups is 1. The van der Waals surface area contributed by atoms with Gasteiger partial charge in [0, 0.05) is 5.71 Å². The molecule has 2 heteroatoms. The molecule has 0 aliphatic rings. The van der Waals surface area contributed by atoms with Gasteiger partial charge >= 0.3 is 0 Å². The minimum atomic E-state index is 0.852. The van der Waals surface area contributed by atoms with Crippen LogP contribution in [0.15, 0.2) is 71.7 Å². The summed E-state index contributed by atoms with van der Waals surface area (Å²) in [6, 6.07) is 18.3. The lowest BCUT2D eigenvalue weighted by Crippen LogP contribution is -1.86. The highest BCUT2D eigenvalue weighted by Crippen LogP contribution is 2.17. The second kappa shape index (κ2) is 8.05. The number of allylic oxidation sites excluding steroid dienone is 2. The smallest absolute Gasteiger partial charge is 0.119 e. The Labute approximate surface area is 126 Å². The van der Waals surface area contributed by atoms with Crippen LogP contribution in [0.2, 0.25) is 0 Å². The molecule has 0 aliphatic carbocycles. The Morgan fingerprint density at radius 1 is 1.05 bits per heavy atom. The van der Waals surface area contributed by atoms with E-state index in [0.717, 1.165) is 30.0 Å². The van der Waals surface area contributed by atoms with E-state index in [0.29, 0.717) is 0 Å². The average molecular weight is 279 g/mol. The molecule has 0 aromatic heterocycles. The maximum atomic E-state index is 5.13. The van der Waals surface area contributed by atoms with E-state index in [2.05, 4.69) is 41.4 Å². The molecule has 2 rings (SSSR count). The molecule has 2 nitrogen and oxygen atoms in total. The zero-order valence-corrected chi connectivity index (χ0v) is 12.6. The van der Waals surface area contributed by atoms with Crippen LogP contribution in [0.25, 0.3) is 0 Å². The van der Waals surface area contributed by atoms with Crippen molar-refractivity contribution in [3.63, 3.8) is 0 Å². The zero-order chi connectivity index (χ0) is 14.9. The molecule has 108 valence electrons.